The van der Waals surface area contributed by atoms with Gasteiger partial charge >= 0.3 is 0 Å². The number of benzene rings is 3. The summed E-state index contributed by atoms with van der Waals surface area (Å²) < 4.78 is 27.1. The van der Waals surface area contributed by atoms with Crippen LogP contribution in [0.5, 0.6) is 0 Å². The van der Waals surface area contributed by atoms with Crippen molar-refractivity contribution in [2.75, 3.05) is 23.2 Å². The molecule has 1 amide bonds. The Morgan fingerprint density at radius 3 is 2.23 bits per heavy atom. The topological polar surface area (TPSA) is 78.5 Å². The summed E-state index contributed by atoms with van der Waals surface area (Å²) in [6.45, 7) is 2.09. The second-order valence-electron chi connectivity index (χ2n) is 6.90. The van der Waals surface area contributed by atoms with Gasteiger partial charge in [-0.3, -0.25) is 9.10 Å². The molecule has 3 aromatic carbocycles. The molecule has 1 atom stereocenters. The number of amides is 1. The molecular formula is C23H25N3O3S. The maximum atomic E-state index is 12.9. The number of carbonyl (C=O) groups excluding carboxylic acids is 1. The highest BCUT2D eigenvalue weighted by Crippen LogP contribution is 2.23. The van der Waals surface area contributed by atoms with Crippen molar-refractivity contribution in [3.8, 4) is 0 Å². The first-order valence-electron chi connectivity index (χ1n) is 9.60. The second-order valence-corrected chi connectivity index (χ2v) is 8.87. The maximum absolute atomic E-state index is 12.9. The zero-order valence-electron chi connectivity index (χ0n) is 16.9. The molecule has 0 saturated carbocycles. The minimum atomic E-state index is -3.75. The van der Waals surface area contributed by atoms with E-state index in [-0.39, 0.29) is 23.4 Å². The van der Waals surface area contributed by atoms with E-state index < -0.39 is 10.0 Å². The second kappa shape index (κ2) is 9.56. The molecule has 0 radical (unpaired) electrons. The number of rotatable bonds is 8. The molecule has 0 bridgehead atoms. The number of nitrogens with zero attached hydrogens (tertiary/aromatic N) is 1. The lowest BCUT2D eigenvalue weighted by molar-refractivity contribution is -0.115. The number of anilines is 2. The van der Waals surface area contributed by atoms with E-state index in [2.05, 4.69) is 10.6 Å². The van der Waals surface area contributed by atoms with Crippen molar-refractivity contribution in [3.05, 3.63) is 90.5 Å². The molecule has 0 aromatic heterocycles. The third-order valence-electron chi connectivity index (χ3n) is 4.76. The predicted molar refractivity (Wildman–Crippen MR) is 120 cm³/mol. The Kier molecular flexibility index (Phi) is 6.87. The molecule has 0 aliphatic rings. The molecule has 3 rings (SSSR count). The molecule has 2 N–H and O–H groups in total. The van der Waals surface area contributed by atoms with Crippen LogP contribution in [0, 0.1) is 0 Å². The van der Waals surface area contributed by atoms with Crippen molar-refractivity contribution < 1.29 is 13.2 Å². The van der Waals surface area contributed by atoms with E-state index in [0.29, 0.717) is 11.4 Å². The van der Waals surface area contributed by atoms with Crippen molar-refractivity contribution in [1.82, 2.24) is 5.32 Å². The molecule has 0 heterocycles. The van der Waals surface area contributed by atoms with Crippen LogP contribution in [0.15, 0.2) is 89.8 Å². The van der Waals surface area contributed by atoms with Gasteiger partial charge in [0.15, 0.2) is 0 Å². The fraction of sp³-hybridized carbons (Fsp3) is 0.174. The number of hydrogen-bond donors (Lipinski definition) is 2. The highest BCUT2D eigenvalue weighted by molar-refractivity contribution is 7.92. The van der Waals surface area contributed by atoms with Crippen molar-refractivity contribution in [2.24, 2.45) is 0 Å². The standard InChI is InChI=1S/C23H25N3O3S/c1-18(19-10-5-3-6-11-19)24-17-23(27)25-20-12-9-15-22(16-20)30(28,29)26(2)21-13-7-4-8-14-21/h3-16,18,24H,17H2,1-2H3,(H,25,27)/t18-/m0/s1. The van der Waals surface area contributed by atoms with Crippen LogP contribution in [0.2, 0.25) is 0 Å². The first-order valence-corrected chi connectivity index (χ1v) is 11.0. The summed E-state index contributed by atoms with van der Waals surface area (Å²) in [6, 6.07) is 24.9. The van der Waals surface area contributed by atoms with Gasteiger partial charge in [-0.2, -0.15) is 0 Å². The summed E-state index contributed by atoms with van der Waals surface area (Å²) in [5.41, 5.74) is 2.07. The van der Waals surface area contributed by atoms with Gasteiger partial charge in [0, 0.05) is 18.8 Å². The average Bonchev–Trinajstić information content (AvgIpc) is 2.78. The summed E-state index contributed by atoms with van der Waals surface area (Å²) in [6.07, 6.45) is 0. The van der Waals surface area contributed by atoms with Crippen LogP contribution in [-0.2, 0) is 14.8 Å². The van der Waals surface area contributed by atoms with Crippen LogP contribution in [0.3, 0.4) is 0 Å². The number of nitrogens with one attached hydrogen (secondary N) is 2. The fourth-order valence-corrected chi connectivity index (χ4v) is 4.22. The number of hydrogen-bond acceptors (Lipinski definition) is 4. The third-order valence-corrected chi connectivity index (χ3v) is 6.55. The Morgan fingerprint density at radius 2 is 1.57 bits per heavy atom. The lowest BCUT2D eigenvalue weighted by atomic mass is 10.1. The number of sulfonamides is 1. The van der Waals surface area contributed by atoms with E-state index in [1.165, 1.54) is 23.5 Å². The van der Waals surface area contributed by atoms with Gasteiger partial charge in [0.1, 0.15) is 0 Å². The minimum Gasteiger partial charge on any atom is -0.325 e. The highest BCUT2D eigenvalue weighted by Gasteiger charge is 2.21. The van der Waals surface area contributed by atoms with E-state index in [9.17, 15) is 13.2 Å². The molecule has 6 nitrogen and oxygen atoms in total. The Balaban J connectivity index is 1.65. The van der Waals surface area contributed by atoms with Gasteiger partial charge in [0.05, 0.1) is 17.1 Å². The Morgan fingerprint density at radius 1 is 0.933 bits per heavy atom. The number of carbonyl (C=O) groups is 1. The molecule has 0 saturated heterocycles. The van der Waals surface area contributed by atoms with Gasteiger partial charge in [-0.25, -0.2) is 8.42 Å². The smallest absolute Gasteiger partial charge is 0.264 e. The number of para-hydroxylation sites is 1. The van der Waals surface area contributed by atoms with Crippen molar-refractivity contribution in [3.63, 3.8) is 0 Å². The Labute approximate surface area is 177 Å². The van der Waals surface area contributed by atoms with E-state index in [4.69, 9.17) is 0 Å². The van der Waals surface area contributed by atoms with Crippen LogP contribution in [-0.4, -0.2) is 27.9 Å². The van der Waals surface area contributed by atoms with Crippen LogP contribution in [0.1, 0.15) is 18.5 Å². The van der Waals surface area contributed by atoms with Gasteiger partial charge < -0.3 is 10.6 Å². The molecule has 0 spiro atoms. The van der Waals surface area contributed by atoms with E-state index in [1.807, 2.05) is 43.3 Å². The summed E-state index contributed by atoms with van der Waals surface area (Å²) >= 11 is 0. The summed E-state index contributed by atoms with van der Waals surface area (Å²) in [4.78, 5) is 12.4. The first kappa shape index (κ1) is 21.5. The lowest BCUT2D eigenvalue weighted by Crippen LogP contribution is -2.30. The zero-order valence-corrected chi connectivity index (χ0v) is 17.8. The normalized spacial score (nSPS) is 12.2. The lowest BCUT2D eigenvalue weighted by Gasteiger charge is -2.20. The monoisotopic (exact) mass is 423 g/mol. The molecule has 156 valence electrons. The van der Waals surface area contributed by atoms with E-state index in [1.54, 1.807) is 36.4 Å². The summed E-state index contributed by atoms with van der Waals surface area (Å²) in [5.74, 6) is -0.247. The molecule has 7 heteroatoms. The zero-order chi connectivity index (χ0) is 21.6. The SMILES string of the molecule is C[C@H](NCC(=O)Nc1cccc(S(=O)(=O)N(C)c2ccccc2)c1)c1ccccc1. The first-order chi connectivity index (χ1) is 14.4. The molecule has 3 aromatic rings. The van der Waals surface area contributed by atoms with Gasteiger partial charge in [-0.1, -0.05) is 54.6 Å². The quantitative estimate of drug-likeness (QED) is 0.578. The third kappa shape index (κ3) is 5.25. The Bertz CT molecular complexity index is 1090. The van der Waals surface area contributed by atoms with Crippen LogP contribution >= 0.6 is 0 Å². The van der Waals surface area contributed by atoms with Gasteiger partial charge in [0.2, 0.25) is 5.91 Å². The predicted octanol–water partition coefficient (Wildman–Crippen LogP) is 3.80. The van der Waals surface area contributed by atoms with E-state index in [0.717, 1.165) is 5.56 Å². The van der Waals surface area contributed by atoms with Gasteiger partial charge in [-0.05, 0) is 42.8 Å². The summed E-state index contributed by atoms with van der Waals surface area (Å²) in [7, 11) is -2.24. The van der Waals surface area contributed by atoms with Crippen LogP contribution in [0.4, 0.5) is 11.4 Å². The van der Waals surface area contributed by atoms with Gasteiger partial charge in [-0.15, -0.1) is 0 Å². The molecule has 30 heavy (non-hydrogen) atoms. The average molecular weight is 424 g/mol. The highest BCUT2D eigenvalue weighted by atomic mass is 32.2. The van der Waals surface area contributed by atoms with Crippen LogP contribution < -0.4 is 14.9 Å². The minimum absolute atomic E-state index is 0.0168. The Hall–Kier alpha value is -3.16. The molecule has 0 aliphatic carbocycles. The maximum Gasteiger partial charge on any atom is 0.264 e. The van der Waals surface area contributed by atoms with Crippen LogP contribution in [0.25, 0.3) is 0 Å². The molecule has 0 aliphatic heterocycles. The summed E-state index contributed by atoms with van der Waals surface area (Å²) in [5, 5.41) is 5.92. The fourth-order valence-electron chi connectivity index (χ4n) is 2.98. The van der Waals surface area contributed by atoms with Crippen molar-refractivity contribution in [1.29, 1.82) is 0 Å². The van der Waals surface area contributed by atoms with Crippen molar-refractivity contribution >= 4 is 27.3 Å². The largest absolute Gasteiger partial charge is 0.325 e. The molecule has 0 unspecified atom stereocenters. The molecular weight excluding hydrogens is 398 g/mol. The van der Waals surface area contributed by atoms with Gasteiger partial charge in [0.25, 0.3) is 10.0 Å². The van der Waals surface area contributed by atoms with E-state index >= 15 is 0 Å². The van der Waals surface area contributed by atoms with Crippen molar-refractivity contribution in [2.45, 2.75) is 17.9 Å². The molecule has 0 fully saturated rings.